The summed E-state index contributed by atoms with van der Waals surface area (Å²) in [4.78, 5) is 31.7. The fraction of sp³-hybridized carbons (Fsp3) is 0.900. The average molecular weight is 379 g/mol. The van der Waals surface area contributed by atoms with Gasteiger partial charge in [0.15, 0.2) is 0 Å². The summed E-state index contributed by atoms with van der Waals surface area (Å²) in [6, 6.07) is 0.282. The molecule has 0 spiro atoms. The van der Waals surface area contributed by atoms with Crippen LogP contribution in [0.15, 0.2) is 0 Å². The number of carbonyl (C=O) groups is 2. The fourth-order valence-electron chi connectivity index (χ4n) is 5.86. The third-order valence-electron chi connectivity index (χ3n) is 7.11. The van der Waals surface area contributed by atoms with E-state index in [0.717, 1.165) is 51.9 Å². The minimum absolute atomic E-state index is 0.141. The van der Waals surface area contributed by atoms with Crippen LogP contribution in [0.2, 0.25) is 0 Å². The predicted molar refractivity (Wildman–Crippen MR) is 102 cm³/mol. The van der Waals surface area contributed by atoms with Crippen LogP contribution in [0.4, 0.5) is 9.59 Å². The SMILES string of the molecule is CN(C)C(=O)N1CC2CC(OC3CC4CN(C(=O)N(C)C)CC4C3)CC2C1. The molecular formula is C20H34N4O3. The van der Waals surface area contributed by atoms with E-state index in [1.807, 2.05) is 38.0 Å². The topological polar surface area (TPSA) is 56.3 Å². The highest BCUT2D eigenvalue weighted by Gasteiger charge is 2.47. The number of carbonyl (C=O) groups excluding carboxylic acids is 2. The molecule has 0 bridgehead atoms. The molecule has 4 aliphatic rings. The van der Waals surface area contributed by atoms with Crippen LogP contribution in [-0.4, -0.2) is 98.2 Å². The summed E-state index contributed by atoms with van der Waals surface area (Å²) >= 11 is 0. The zero-order chi connectivity index (χ0) is 19.3. The molecule has 2 saturated carbocycles. The van der Waals surface area contributed by atoms with Crippen molar-refractivity contribution in [2.24, 2.45) is 23.7 Å². The first kappa shape index (κ1) is 18.8. The highest BCUT2D eigenvalue weighted by Crippen LogP contribution is 2.44. The van der Waals surface area contributed by atoms with Crippen molar-refractivity contribution in [3.05, 3.63) is 0 Å². The first-order valence-corrected chi connectivity index (χ1v) is 10.4. The van der Waals surface area contributed by atoms with E-state index in [0.29, 0.717) is 35.9 Å². The average Bonchev–Trinajstić information content (AvgIpc) is 3.31. The molecule has 0 N–H and O–H groups in total. The molecule has 2 aliphatic carbocycles. The molecule has 4 rings (SSSR count). The Labute approximate surface area is 162 Å². The van der Waals surface area contributed by atoms with E-state index in [1.54, 1.807) is 9.80 Å². The van der Waals surface area contributed by atoms with E-state index >= 15 is 0 Å². The number of rotatable bonds is 2. The minimum Gasteiger partial charge on any atom is -0.375 e. The molecule has 2 saturated heterocycles. The molecule has 0 aromatic rings. The quantitative estimate of drug-likeness (QED) is 0.736. The summed E-state index contributed by atoms with van der Waals surface area (Å²) in [5.74, 6) is 2.42. The van der Waals surface area contributed by atoms with Gasteiger partial charge in [0.05, 0.1) is 12.2 Å². The number of fused-ring (bicyclic) bond motifs is 2. The third kappa shape index (κ3) is 3.62. The summed E-state index contributed by atoms with van der Waals surface area (Å²) in [6.45, 7) is 3.55. The normalized spacial score (nSPS) is 37.5. The van der Waals surface area contributed by atoms with Crippen LogP contribution in [0.3, 0.4) is 0 Å². The van der Waals surface area contributed by atoms with E-state index in [9.17, 15) is 9.59 Å². The molecule has 152 valence electrons. The van der Waals surface area contributed by atoms with Gasteiger partial charge >= 0.3 is 12.1 Å². The van der Waals surface area contributed by atoms with E-state index in [2.05, 4.69) is 0 Å². The van der Waals surface area contributed by atoms with Gasteiger partial charge in [-0.1, -0.05) is 0 Å². The van der Waals surface area contributed by atoms with Crippen molar-refractivity contribution in [3.63, 3.8) is 0 Å². The van der Waals surface area contributed by atoms with Crippen LogP contribution >= 0.6 is 0 Å². The fourth-order valence-corrected chi connectivity index (χ4v) is 5.86. The van der Waals surface area contributed by atoms with E-state index in [-0.39, 0.29) is 12.1 Å². The molecule has 0 aromatic carbocycles. The largest absolute Gasteiger partial charge is 0.375 e. The zero-order valence-corrected chi connectivity index (χ0v) is 17.1. The lowest BCUT2D eigenvalue weighted by atomic mass is 10.0. The summed E-state index contributed by atoms with van der Waals surface area (Å²) < 4.78 is 6.50. The molecule has 4 fully saturated rings. The number of hydrogen-bond acceptors (Lipinski definition) is 3. The Morgan fingerprint density at radius 3 is 1.22 bits per heavy atom. The Balaban J connectivity index is 1.22. The van der Waals surface area contributed by atoms with Crippen molar-refractivity contribution < 1.29 is 14.3 Å². The second-order valence-electron chi connectivity index (χ2n) is 9.53. The van der Waals surface area contributed by atoms with Crippen molar-refractivity contribution in [2.75, 3.05) is 54.4 Å². The van der Waals surface area contributed by atoms with Crippen LogP contribution in [0.5, 0.6) is 0 Å². The highest BCUT2D eigenvalue weighted by atomic mass is 16.5. The standard InChI is InChI=1S/C20H34N4O3/c1-21(2)19(25)23-9-13-5-17(6-14(13)10-23)27-18-7-15-11-24(12-16(15)8-18)20(26)22(3)4/h13-18H,5-12H2,1-4H3. The van der Waals surface area contributed by atoms with Gasteiger partial charge in [0.25, 0.3) is 0 Å². The van der Waals surface area contributed by atoms with Gasteiger partial charge in [-0.25, -0.2) is 9.59 Å². The maximum absolute atomic E-state index is 12.2. The molecule has 4 amide bonds. The minimum atomic E-state index is 0.141. The van der Waals surface area contributed by atoms with Gasteiger partial charge in [-0.15, -0.1) is 0 Å². The van der Waals surface area contributed by atoms with Crippen molar-refractivity contribution in [1.82, 2.24) is 19.6 Å². The van der Waals surface area contributed by atoms with Crippen molar-refractivity contribution in [2.45, 2.75) is 37.9 Å². The molecule has 4 atom stereocenters. The number of likely N-dealkylation sites (tertiary alicyclic amines) is 2. The Morgan fingerprint density at radius 1 is 0.667 bits per heavy atom. The van der Waals surface area contributed by atoms with Gasteiger partial charge in [-0.2, -0.15) is 0 Å². The summed E-state index contributed by atoms with van der Waals surface area (Å²) in [6.07, 6.45) is 5.11. The van der Waals surface area contributed by atoms with Gasteiger partial charge in [0.2, 0.25) is 0 Å². The third-order valence-corrected chi connectivity index (χ3v) is 7.11. The maximum atomic E-state index is 12.2. The molecule has 27 heavy (non-hydrogen) atoms. The molecular weight excluding hydrogens is 344 g/mol. The first-order valence-electron chi connectivity index (χ1n) is 10.4. The van der Waals surface area contributed by atoms with E-state index in [1.165, 1.54) is 0 Å². The van der Waals surface area contributed by atoms with Gasteiger partial charge in [0, 0.05) is 54.4 Å². The number of urea groups is 2. The van der Waals surface area contributed by atoms with Gasteiger partial charge < -0.3 is 24.3 Å². The summed E-state index contributed by atoms with van der Waals surface area (Å²) in [5.41, 5.74) is 0. The lowest BCUT2D eigenvalue weighted by Gasteiger charge is -2.25. The van der Waals surface area contributed by atoms with Crippen LogP contribution in [0.1, 0.15) is 25.7 Å². The summed E-state index contributed by atoms with van der Waals surface area (Å²) in [7, 11) is 7.30. The number of nitrogens with zero attached hydrogens (tertiary/aromatic N) is 4. The Morgan fingerprint density at radius 2 is 0.963 bits per heavy atom. The van der Waals surface area contributed by atoms with Crippen LogP contribution in [-0.2, 0) is 4.74 Å². The Bertz CT molecular complexity index is 518. The van der Waals surface area contributed by atoms with Crippen molar-refractivity contribution in [3.8, 4) is 0 Å². The maximum Gasteiger partial charge on any atom is 0.319 e. The molecule has 4 unspecified atom stereocenters. The van der Waals surface area contributed by atoms with E-state index < -0.39 is 0 Å². The molecule has 2 heterocycles. The molecule has 7 heteroatoms. The van der Waals surface area contributed by atoms with E-state index in [4.69, 9.17) is 4.74 Å². The number of amides is 4. The van der Waals surface area contributed by atoms with Crippen molar-refractivity contribution >= 4 is 12.1 Å². The second-order valence-corrected chi connectivity index (χ2v) is 9.53. The molecule has 0 aromatic heterocycles. The second kappa shape index (κ2) is 7.15. The van der Waals surface area contributed by atoms with Crippen LogP contribution < -0.4 is 0 Å². The highest BCUT2D eigenvalue weighted by molar-refractivity contribution is 5.74. The predicted octanol–water partition coefficient (Wildman–Crippen LogP) is 1.79. The lowest BCUT2D eigenvalue weighted by molar-refractivity contribution is -0.0141. The zero-order valence-electron chi connectivity index (χ0n) is 17.1. The Kier molecular flexibility index (Phi) is 4.99. The molecule has 7 nitrogen and oxygen atoms in total. The lowest BCUT2D eigenvalue weighted by Crippen LogP contribution is -2.39. The van der Waals surface area contributed by atoms with Gasteiger partial charge in [-0.3, -0.25) is 0 Å². The summed E-state index contributed by atoms with van der Waals surface area (Å²) in [5, 5.41) is 0. The Hall–Kier alpha value is -1.50. The monoisotopic (exact) mass is 378 g/mol. The first-order chi connectivity index (χ1) is 12.8. The smallest absolute Gasteiger partial charge is 0.319 e. The molecule has 0 radical (unpaired) electrons. The van der Waals surface area contributed by atoms with Crippen LogP contribution in [0, 0.1) is 23.7 Å². The van der Waals surface area contributed by atoms with Crippen molar-refractivity contribution in [1.29, 1.82) is 0 Å². The van der Waals surface area contributed by atoms with Crippen LogP contribution in [0.25, 0.3) is 0 Å². The van der Waals surface area contributed by atoms with Gasteiger partial charge in [0.1, 0.15) is 0 Å². The number of ether oxygens (including phenoxy) is 1. The molecule has 2 aliphatic heterocycles. The number of hydrogen-bond donors (Lipinski definition) is 0. The van der Waals surface area contributed by atoms with Gasteiger partial charge in [-0.05, 0) is 49.4 Å².